The molecule has 6 heteroatoms. The first kappa shape index (κ1) is 40.0. The number of rotatable bonds is 32. The van der Waals surface area contributed by atoms with Crippen molar-refractivity contribution in [2.24, 2.45) is 0 Å². The van der Waals surface area contributed by atoms with Crippen LogP contribution in [0, 0.1) is 0 Å². The smallest absolute Gasteiger partial charge is 0.249 e. The second-order valence-corrected chi connectivity index (χ2v) is 12.8. The first-order valence-corrected chi connectivity index (χ1v) is 18.8. The lowest BCUT2D eigenvalue weighted by molar-refractivity contribution is -0.121. The number of carbonyl (C=O) groups excluding carboxylic acids is 2. The number of ether oxygens (including phenoxy) is 2. The third-order valence-corrected chi connectivity index (χ3v) is 8.89. The Labute approximate surface area is 272 Å². The van der Waals surface area contributed by atoms with Crippen molar-refractivity contribution in [3.05, 3.63) is 22.9 Å². The van der Waals surface area contributed by atoms with Crippen LogP contribution in [0.3, 0.4) is 0 Å². The van der Waals surface area contributed by atoms with Gasteiger partial charge in [-0.3, -0.25) is 9.59 Å². The minimum atomic E-state index is -0.313. The van der Waals surface area contributed by atoms with Crippen LogP contribution < -0.4 is 10.6 Å². The zero-order chi connectivity index (χ0) is 32.1. The van der Waals surface area contributed by atoms with Crippen LogP contribution in [0.4, 0.5) is 0 Å². The number of unbranched alkanes of at least 4 members (excludes halogenated alkanes) is 24. The van der Waals surface area contributed by atoms with E-state index in [1.807, 2.05) is 0 Å². The molecule has 0 aromatic carbocycles. The zero-order valence-corrected chi connectivity index (χ0v) is 29.4. The second-order valence-electron chi connectivity index (χ2n) is 12.8. The number of hydrogen-bond acceptors (Lipinski definition) is 6. The Hall–Kier alpha value is -1.98. The fourth-order valence-electron chi connectivity index (χ4n) is 6.08. The molecule has 0 amide bonds. The molecule has 44 heavy (non-hydrogen) atoms. The van der Waals surface area contributed by atoms with Gasteiger partial charge in [0.1, 0.15) is 11.4 Å². The normalized spacial score (nSPS) is 13.6. The van der Waals surface area contributed by atoms with Gasteiger partial charge in [-0.25, -0.2) is 0 Å². The maximum atomic E-state index is 13.2. The molecule has 1 rings (SSSR count). The first-order chi connectivity index (χ1) is 21.6. The molecule has 0 bridgehead atoms. The molecule has 0 spiro atoms. The van der Waals surface area contributed by atoms with Crippen LogP contribution >= 0.6 is 0 Å². The minimum Gasteiger partial charge on any atom is -0.491 e. The molecule has 256 valence electrons. The van der Waals surface area contributed by atoms with E-state index in [0.29, 0.717) is 13.1 Å². The predicted molar refractivity (Wildman–Crippen MR) is 185 cm³/mol. The van der Waals surface area contributed by atoms with Crippen LogP contribution in [0.15, 0.2) is 22.9 Å². The van der Waals surface area contributed by atoms with E-state index in [4.69, 9.17) is 9.47 Å². The Kier molecular flexibility index (Phi) is 25.9. The van der Waals surface area contributed by atoms with Crippen molar-refractivity contribution in [1.82, 2.24) is 10.6 Å². The fraction of sp³-hybridized carbons (Fsp3) is 0.842. The highest BCUT2D eigenvalue weighted by atomic mass is 16.5. The molecule has 0 unspecified atom stereocenters. The molecule has 0 saturated heterocycles. The summed E-state index contributed by atoms with van der Waals surface area (Å²) in [6.07, 6.45) is 33.6. The van der Waals surface area contributed by atoms with Gasteiger partial charge < -0.3 is 20.1 Å². The largest absolute Gasteiger partial charge is 0.491 e. The van der Waals surface area contributed by atoms with Gasteiger partial charge in [-0.1, -0.05) is 168 Å². The standard InChI is InChI=1S/C38H70N2O4/c1-5-7-9-11-13-15-17-19-21-23-25-27-29-31-39-33-35(41)38(44-4)34(36(42)37(33)43-3)40-32-30-28-26-24-22-20-18-16-14-12-10-8-6-2/h39-40H,5-32H2,1-4H3. The number of methoxy groups -OCH3 is 2. The van der Waals surface area contributed by atoms with Crippen molar-refractivity contribution in [3.63, 3.8) is 0 Å². The molecule has 0 atom stereocenters. The summed E-state index contributed by atoms with van der Waals surface area (Å²) >= 11 is 0. The van der Waals surface area contributed by atoms with Gasteiger partial charge in [0.05, 0.1) is 14.2 Å². The Bertz CT molecular complexity index is 739. The summed E-state index contributed by atoms with van der Waals surface area (Å²) in [6, 6.07) is 0. The van der Waals surface area contributed by atoms with Crippen molar-refractivity contribution in [1.29, 1.82) is 0 Å². The maximum absolute atomic E-state index is 13.2. The lowest BCUT2D eigenvalue weighted by Crippen LogP contribution is -2.37. The van der Waals surface area contributed by atoms with Gasteiger partial charge in [0.25, 0.3) is 0 Å². The van der Waals surface area contributed by atoms with Gasteiger partial charge in [0.15, 0.2) is 11.5 Å². The van der Waals surface area contributed by atoms with E-state index < -0.39 is 0 Å². The second kappa shape index (κ2) is 28.5. The number of ketones is 2. The Balaban J connectivity index is 2.23. The minimum absolute atomic E-state index is 0.0818. The SMILES string of the molecule is CCCCCCCCCCCCCCCNC1=C(OC)C(=O)C(NCCCCCCCCCCCCCCC)=C(OC)C1=O. The summed E-state index contributed by atoms with van der Waals surface area (Å²) in [6.45, 7) is 5.81. The summed E-state index contributed by atoms with van der Waals surface area (Å²) < 4.78 is 10.8. The average molecular weight is 619 g/mol. The highest BCUT2D eigenvalue weighted by Gasteiger charge is 2.36. The van der Waals surface area contributed by atoms with E-state index in [1.54, 1.807) is 0 Å². The summed E-state index contributed by atoms with van der Waals surface area (Å²) in [4.78, 5) is 26.4. The van der Waals surface area contributed by atoms with E-state index >= 15 is 0 Å². The summed E-state index contributed by atoms with van der Waals surface area (Å²) in [5.74, 6) is -0.463. The molecule has 0 heterocycles. The van der Waals surface area contributed by atoms with E-state index in [0.717, 1.165) is 25.7 Å². The van der Waals surface area contributed by atoms with Gasteiger partial charge in [-0.15, -0.1) is 0 Å². The summed E-state index contributed by atoms with van der Waals surface area (Å²) in [5.41, 5.74) is 0.444. The number of Topliss-reactive ketones (excluding diaryl/α,β-unsaturated/α-hetero) is 2. The molecule has 0 fully saturated rings. The van der Waals surface area contributed by atoms with E-state index in [-0.39, 0.29) is 34.5 Å². The Morgan fingerprint density at radius 2 is 0.614 bits per heavy atom. The Morgan fingerprint density at radius 1 is 0.386 bits per heavy atom. The van der Waals surface area contributed by atoms with Crippen LogP contribution in [0.25, 0.3) is 0 Å². The Morgan fingerprint density at radius 3 is 0.841 bits per heavy atom. The van der Waals surface area contributed by atoms with Crippen LogP contribution in [0.1, 0.15) is 181 Å². The van der Waals surface area contributed by atoms with Gasteiger partial charge in [-0.05, 0) is 12.8 Å². The number of carbonyl (C=O) groups is 2. The van der Waals surface area contributed by atoms with Gasteiger partial charge in [0, 0.05) is 13.1 Å². The molecule has 0 saturated carbocycles. The van der Waals surface area contributed by atoms with Crippen LogP contribution in [-0.2, 0) is 19.1 Å². The molecule has 1 aliphatic carbocycles. The quantitative estimate of drug-likeness (QED) is 0.0577. The molecule has 0 aliphatic heterocycles. The van der Waals surface area contributed by atoms with Crippen molar-refractivity contribution < 1.29 is 19.1 Å². The topological polar surface area (TPSA) is 76.7 Å². The van der Waals surface area contributed by atoms with Crippen LogP contribution in [-0.4, -0.2) is 38.9 Å². The highest BCUT2D eigenvalue weighted by Crippen LogP contribution is 2.24. The average Bonchev–Trinajstić information content (AvgIpc) is 3.03. The molecule has 0 radical (unpaired) electrons. The van der Waals surface area contributed by atoms with E-state index in [2.05, 4.69) is 24.5 Å². The van der Waals surface area contributed by atoms with Gasteiger partial charge >= 0.3 is 0 Å². The number of nitrogens with one attached hydrogen (secondary N) is 2. The molecule has 0 aromatic rings. The molecular formula is C38H70N2O4. The van der Waals surface area contributed by atoms with Crippen LogP contribution in [0.2, 0.25) is 0 Å². The summed E-state index contributed by atoms with van der Waals surface area (Å²) in [7, 11) is 2.91. The van der Waals surface area contributed by atoms with Crippen molar-refractivity contribution in [2.75, 3.05) is 27.3 Å². The third kappa shape index (κ3) is 18.1. The molecule has 0 aromatic heterocycles. The van der Waals surface area contributed by atoms with E-state index in [9.17, 15) is 9.59 Å². The molecule has 6 nitrogen and oxygen atoms in total. The molecule has 1 aliphatic rings. The molecular weight excluding hydrogens is 548 g/mol. The maximum Gasteiger partial charge on any atom is 0.249 e. The van der Waals surface area contributed by atoms with Crippen LogP contribution in [0.5, 0.6) is 0 Å². The lowest BCUT2D eigenvalue weighted by atomic mass is 10.0. The van der Waals surface area contributed by atoms with Crippen molar-refractivity contribution in [2.45, 2.75) is 181 Å². The zero-order valence-electron chi connectivity index (χ0n) is 29.4. The van der Waals surface area contributed by atoms with Crippen molar-refractivity contribution >= 4 is 11.6 Å². The van der Waals surface area contributed by atoms with Crippen molar-refractivity contribution in [3.8, 4) is 0 Å². The fourth-order valence-corrected chi connectivity index (χ4v) is 6.08. The highest BCUT2D eigenvalue weighted by molar-refractivity contribution is 6.23. The lowest BCUT2D eigenvalue weighted by Gasteiger charge is -2.23. The predicted octanol–water partition coefficient (Wildman–Crippen LogP) is 10.2. The van der Waals surface area contributed by atoms with E-state index in [1.165, 1.54) is 155 Å². The third-order valence-electron chi connectivity index (χ3n) is 8.89. The number of hydrogen-bond donors (Lipinski definition) is 2. The monoisotopic (exact) mass is 619 g/mol. The van der Waals surface area contributed by atoms with Gasteiger partial charge in [-0.2, -0.15) is 0 Å². The molecule has 2 N–H and O–H groups in total. The van der Waals surface area contributed by atoms with Gasteiger partial charge in [0.2, 0.25) is 11.6 Å². The first-order valence-electron chi connectivity index (χ1n) is 18.8. The summed E-state index contributed by atoms with van der Waals surface area (Å²) in [5, 5.41) is 6.38.